The van der Waals surface area contributed by atoms with Crippen molar-refractivity contribution in [2.24, 2.45) is 5.41 Å². The van der Waals surface area contributed by atoms with Crippen LogP contribution in [0.1, 0.15) is 38.7 Å². The molecular formula is C18H25FN2O. The molecule has 0 saturated carbocycles. The Bertz CT molecular complexity index is 562. The van der Waals surface area contributed by atoms with Gasteiger partial charge >= 0.3 is 0 Å². The first-order valence-corrected chi connectivity index (χ1v) is 8.32. The number of carbonyl (C=O) groups is 1. The molecule has 1 aromatic rings. The van der Waals surface area contributed by atoms with Gasteiger partial charge in [-0.15, -0.1) is 0 Å². The predicted octanol–water partition coefficient (Wildman–Crippen LogP) is 3.05. The zero-order valence-electron chi connectivity index (χ0n) is 13.5. The van der Waals surface area contributed by atoms with Crippen LogP contribution in [0.2, 0.25) is 0 Å². The highest BCUT2D eigenvalue weighted by atomic mass is 19.1. The van der Waals surface area contributed by atoms with Crippen molar-refractivity contribution in [1.29, 1.82) is 0 Å². The van der Waals surface area contributed by atoms with Crippen LogP contribution in [0.15, 0.2) is 24.3 Å². The lowest BCUT2D eigenvalue weighted by molar-refractivity contribution is -0.136. The second-order valence-corrected chi connectivity index (χ2v) is 6.86. The van der Waals surface area contributed by atoms with Crippen molar-refractivity contribution in [3.05, 3.63) is 35.6 Å². The highest BCUT2D eigenvalue weighted by molar-refractivity contribution is 5.85. The van der Waals surface area contributed by atoms with Gasteiger partial charge in [-0.05, 0) is 50.4 Å². The highest BCUT2D eigenvalue weighted by Crippen LogP contribution is 2.41. The van der Waals surface area contributed by atoms with Crippen LogP contribution in [0.4, 0.5) is 4.39 Å². The summed E-state index contributed by atoms with van der Waals surface area (Å²) in [6.07, 6.45) is 3.03. The Balaban J connectivity index is 1.68. The minimum Gasteiger partial charge on any atom is -0.338 e. The predicted molar refractivity (Wildman–Crippen MR) is 84.8 cm³/mol. The quantitative estimate of drug-likeness (QED) is 0.853. The van der Waals surface area contributed by atoms with E-state index >= 15 is 0 Å². The average molecular weight is 304 g/mol. The molecule has 0 unspecified atom stereocenters. The first-order valence-electron chi connectivity index (χ1n) is 8.32. The molecule has 0 radical (unpaired) electrons. The third-order valence-electron chi connectivity index (χ3n) is 5.46. The first kappa shape index (κ1) is 15.5. The van der Waals surface area contributed by atoms with E-state index in [2.05, 4.69) is 18.7 Å². The maximum atomic E-state index is 13.3. The van der Waals surface area contributed by atoms with Crippen molar-refractivity contribution < 1.29 is 9.18 Å². The van der Waals surface area contributed by atoms with E-state index in [0.29, 0.717) is 12.6 Å². The fourth-order valence-electron chi connectivity index (χ4n) is 3.82. The van der Waals surface area contributed by atoms with Crippen LogP contribution in [0.5, 0.6) is 0 Å². The van der Waals surface area contributed by atoms with Gasteiger partial charge in [0.05, 0.1) is 5.41 Å². The van der Waals surface area contributed by atoms with Gasteiger partial charge in [-0.1, -0.05) is 19.1 Å². The maximum Gasteiger partial charge on any atom is 0.230 e. The molecular weight excluding hydrogens is 279 g/mol. The molecule has 1 aromatic carbocycles. The van der Waals surface area contributed by atoms with E-state index in [-0.39, 0.29) is 17.1 Å². The Morgan fingerprint density at radius 1 is 1.32 bits per heavy atom. The summed E-state index contributed by atoms with van der Waals surface area (Å²) in [5.41, 5.74) is 0.693. The fraction of sp³-hybridized carbons (Fsp3) is 0.611. The van der Waals surface area contributed by atoms with Gasteiger partial charge in [-0.25, -0.2) is 4.39 Å². The summed E-state index contributed by atoms with van der Waals surface area (Å²) in [6, 6.07) is 7.11. The second kappa shape index (κ2) is 5.99. The van der Waals surface area contributed by atoms with E-state index < -0.39 is 0 Å². The number of rotatable bonds is 4. The van der Waals surface area contributed by atoms with E-state index in [0.717, 1.165) is 44.5 Å². The number of hydrogen-bond acceptors (Lipinski definition) is 2. The number of likely N-dealkylation sites (tertiary alicyclic amines) is 2. The molecule has 2 saturated heterocycles. The number of amides is 1. The molecule has 2 aliphatic heterocycles. The lowest BCUT2D eigenvalue weighted by atomic mass is 9.85. The maximum absolute atomic E-state index is 13.3. The molecule has 120 valence electrons. The molecule has 3 nitrogen and oxygen atoms in total. The monoisotopic (exact) mass is 304 g/mol. The molecule has 0 N–H and O–H groups in total. The van der Waals surface area contributed by atoms with Gasteiger partial charge in [-0.3, -0.25) is 9.69 Å². The minimum atomic E-state index is -0.234. The second-order valence-electron chi connectivity index (χ2n) is 6.86. The molecule has 2 heterocycles. The third-order valence-corrected chi connectivity index (χ3v) is 5.46. The molecule has 2 fully saturated rings. The molecule has 3 rings (SSSR count). The van der Waals surface area contributed by atoms with Gasteiger partial charge in [0.15, 0.2) is 0 Å². The Morgan fingerprint density at radius 2 is 2.09 bits per heavy atom. The molecule has 1 spiro atoms. The molecule has 2 atom stereocenters. The molecule has 1 amide bonds. The summed E-state index contributed by atoms with van der Waals surface area (Å²) < 4.78 is 13.3. The van der Waals surface area contributed by atoms with Crippen molar-refractivity contribution in [3.63, 3.8) is 0 Å². The van der Waals surface area contributed by atoms with Gasteiger partial charge in [0, 0.05) is 25.7 Å². The smallest absolute Gasteiger partial charge is 0.230 e. The van der Waals surface area contributed by atoms with E-state index in [4.69, 9.17) is 0 Å². The van der Waals surface area contributed by atoms with Crippen molar-refractivity contribution in [3.8, 4) is 0 Å². The molecule has 0 aromatic heterocycles. The van der Waals surface area contributed by atoms with Crippen molar-refractivity contribution in [1.82, 2.24) is 9.80 Å². The summed E-state index contributed by atoms with van der Waals surface area (Å²) in [5, 5.41) is 0. The summed E-state index contributed by atoms with van der Waals surface area (Å²) in [4.78, 5) is 17.2. The van der Waals surface area contributed by atoms with Crippen LogP contribution in [-0.4, -0.2) is 41.4 Å². The number of nitrogens with zero attached hydrogens (tertiary/aromatic N) is 2. The topological polar surface area (TPSA) is 23.6 Å². The van der Waals surface area contributed by atoms with Gasteiger partial charge in [-0.2, -0.15) is 0 Å². The zero-order valence-corrected chi connectivity index (χ0v) is 13.5. The average Bonchev–Trinajstić information content (AvgIpc) is 3.07. The Hall–Kier alpha value is -1.42. The Morgan fingerprint density at radius 3 is 2.82 bits per heavy atom. The van der Waals surface area contributed by atoms with Crippen LogP contribution < -0.4 is 0 Å². The van der Waals surface area contributed by atoms with Gasteiger partial charge < -0.3 is 4.90 Å². The minimum absolute atomic E-state index is 0.184. The molecule has 4 heteroatoms. The molecule has 2 aliphatic rings. The SMILES string of the molecule is CC[C@@H](C)N1CC[C@]2(CCN(Cc3cccc(F)c3)C2=O)C1. The number of benzene rings is 1. The molecule has 22 heavy (non-hydrogen) atoms. The molecule has 0 bridgehead atoms. The van der Waals surface area contributed by atoms with Crippen LogP contribution in [-0.2, 0) is 11.3 Å². The van der Waals surface area contributed by atoms with Gasteiger partial charge in [0.1, 0.15) is 5.82 Å². The van der Waals surface area contributed by atoms with E-state index in [1.165, 1.54) is 12.1 Å². The van der Waals surface area contributed by atoms with Crippen LogP contribution in [0.3, 0.4) is 0 Å². The Kier molecular flexibility index (Phi) is 4.22. The van der Waals surface area contributed by atoms with Crippen LogP contribution in [0, 0.1) is 11.2 Å². The fourth-order valence-corrected chi connectivity index (χ4v) is 3.82. The highest BCUT2D eigenvalue weighted by Gasteiger charge is 2.50. The van der Waals surface area contributed by atoms with Crippen molar-refractivity contribution >= 4 is 5.91 Å². The number of carbonyl (C=O) groups excluding carboxylic acids is 1. The lowest BCUT2D eigenvalue weighted by Crippen LogP contribution is -2.38. The van der Waals surface area contributed by atoms with Crippen molar-refractivity contribution in [2.45, 2.75) is 45.7 Å². The number of halogens is 1. The van der Waals surface area contributed by atoms with Gasteiger partial charge in [0.25, 0.3) is 0 Å². The standard InChI is InChI=1S/C18H25FN2O/c1-3-14(2)21-10-8-18(13-21)7-9-20(17(18)22)12-15-5-4-6-16(19)11-15/h4-6,11,14H,3,7-10,12-13H2,1-2H3/t14-,18-/m1/s1. The third kappa shape index (κ3) is 2.76. The molecule has 0 aliphatic carbocycles. The number of hydrogen-bond donors (Lipinski definition) is 0. The summed E-state index contributed by atoms with van der Waals surface area (Å²) in [6.45, 7) is 7.67. The summed E-state index contributed by atoms with van der Waals surface area (Å²) >= 11 is 0. The van der Waals surface area contributed by atoms with E-state index in [1.807, 2.05) is 11.0 Å². The normalized spacial score (nSPS) is 27.0. The summed E-state index contributed by atoms with van der Waals surface area (Å²) in [5.74, 6) is 0.0326. The zero-order chi connectivity index (χ0) is 15.7. The van der Waals surface area contributed by atoms with E-state index in [9.17, 15) is 9.18 Å². The largest absolute Gasteiger partial charge is 0.338 e. The van der Waals surface area contributed by atoms with Crippen LogP contribution >= 0.6 is 0 Å². The van der Waals surface area contributed by atoms with Gasteiger partial charge in [0.2, 0.25) is 5.91 Å². The Labute approximate surface area is 132 Å². The lowest BCUT2D eigenvalue weighted by Gasteiger charge is -2.26. The van der Waals surface area contributed by atoms with E-state index in [1.54, 1.807) is 6.07 Å². The summed E-state index contributed by atoms with van der Waals surface area (Å²) in [7, 11) is 0. The van der Waals surface area contributed by atoms with Crippen LogP contribution in [0.25, 0.3) is 0 Å². The van der Waals surface area contributed by atoms with Crippen molar-refractivity contribution in [2.75, 3.05) is 19.6 Å². The first-order chi connectivity index (χ1) is 10.5.